The summed E-state index contributed by atoms with van der Waals surface area (Å²) < 4.78 is 35.5. The lowest BCUT2D eigenvalue weighted by atomic mass is 10.2. The van der Waals surface area contributed by atoms with E-state index in [1.807, 2.05) is 5.32 Å². The molecule has 0 aromatic carbocycles. The molecule has 0 aliphatic carbocycles. The van der Waals surface area contributed by atoms with Gasteiger partial charge in [0.25, 0.3) is 5.91 Å². The van der Waals surface area contributed by atoms with E-state index in [-0.39, 0.29) is 11.3 Å². The summed E-state index contributed by atoms with van der Waals surface area (Å²) in [6, 6.07) is 2.21. The van der Waals surface area contributed by atoms with E-state index in [2.05, 4.69) is 4.98 Å². The van der Waals surface area contributed by atoms with Crippen LogP contribution in [0.5, 0.6) is 0 Å². The molecule has 98 valence electrons. The third-order valence-corrected chi connectivity index (χ3v) is 1.94. The number of aromatic carboxylic acids is 1. The van der Waals surface area contributed by atoms with Gasteiger partial charge >= 0.3 is 12.1 Å². The molecular formula is C10H9F3N2O3. The second-order valence-corrected chi connectivity index (χ2v) is 3.36. The van der Waals surface area contributed by atoms with Crippen molar-refractivity contribution in [1.82, 2.24) is 10.3 Å². The van der Waals surface area contributed by atoms with E-state index in [0.717, 1.165) is 12.3 Å². The molecule has 1 heterocycles. The number of nitrogens with one attached hydrogen (secondary N) is 1. The molecule has 0 fully saturated rings. The highest BCUT2D eigenvalue weighted by molar-refractivity contribution is 5.96. The number of halogens is 3. The number of carbonyl (C=O) groups is 2. The number of hydrogen-bond acceptors (Lipinski definition) is 3. The van der Waals surface area contributed by atoms with Crippen LogP contribution in [0.15, 0.2) is 18.3 Å². The lowest BCUT2D eigenvalue weighted by molar-refractivity contribution is -0.132. The molecule has 0 atom stereocenters. The Labute approximate surface area is 99.6 Å². The van der Waals surface area contributed by atoms with Crippen LogP contribution in [0.3, 0.4) is 0 Å². The molecule has 0 aliphatic heterocycles. The summed E-state index contributed by atoms with van der Waals surface area (Å²) >= 11 is 0. The van der Waals surface area contributed by atoms with E-state index >= 15 is 0 Å². The number of amides is 1. The van der Waals surface area contributed by atoms with Crippen LogP contribution in [0.4, 0.5) is 13.2 Å². The van der Waals surface area contributed by atoms with E-state index < -0.39 is 31.0 Å². The van der Waals surface area contributed by atoms with Gasteiger partial charge in [-0.2, -0.15) is 13.2 Å². The third kappa shape index (κ3) is 4.40. The molecular weight excluding hydrogens is 253 g/mol. The third-order valence-electron chi connectivity index (χ3n) is 1.94. The topological polar surface area (TPSA) is 79.3 Å². The number of alkyl halides is 3. The minimum atomic E-state index is -4.35. The van der Waals surface area contributed by atoms with Gasteiger partial charge in [0.15, 0.2) is 0 Å². The molecule has 0 saturated carbocycles. The minimum absolute atomic E-state index is 0.0513. The van der Waals surface area contributed by atoms with Gasteiger partial charge in [0, 0.05) is 18.3 Å². The van der Waals surface area contributed by atoms with E-state index in [0.29, 0.717) is 0 Å². The van der Waals surface area contributed by atoms with Crippen molar-refractivity contribution in [3.63, 3.8) is 0 Å². The highest BCUT2D eigenvalue weighted by atomic mass is 19.4. The van der Waals surface area contributed by atoms with E-state index in [1.54, 1.807) is 0 Å². The summed E-state index contributed by atoms with van der Waals surface area (Å²) in [5.74, 6) is -2.09. The van der Waals surface area contributed by atoms with Crippen LogP contribution in [0, 0.1) is 0 Å². The Balaban J connectivity index is 2.62. The van der Waals surface area contributed by atoms with Crippen molar-refractivity contribution in [3.8, 4) is 0 Å². The number of rotatable bonds is 4. The highest BCUT2D eigenvalue weighted by Crippen LogP contribution is 2.18. The average molecular weight is 262 g/mol. The highest BCUT2D eigenvalue weighted by Gasteiger charge is 2.26. The van der Waals surface area contributed by atoms with Crippen molar-refractivity contribution in [1.29, 1.82) is 0 Å². The quantitative estimate of drug-likeness (QED) is 0.861. The fourth-order valence-electron chi connectivity index (χ4n) is 1.11. The van der Waals surface area contributed by atoms with Crippen LogP contribution in [0.1, 0.15) is 27.3 Å². The first-order chi connectivity index (χ1) is 8.29. The largest absolute Gasteiger partial charge is 0.477 e. The zero-order valence-electron chi connectivity index (χ0n) is 8.99. The van der Waals surface area contributed by atoms with Gasteiger partial charge in [0.05, 0.1) is 6.42 Å². The number of carboxylic acids is 1. The molecule has 1 rings (SSSR count). The maximum absolute atomic E-state index is 11.8. The van der Waals surface area contributed by atoms with Gasteiger partial charge in [-0.05, 0) is 12.1 Å². The van der Waals surface area contributed by atoms with E-state index in [1.165, 1.54) is 6.07 Å². The normalized spacial score (nSPS) is 11.1. The van der Waals surface area contributed by atoms with Crippen LogP contribution >= 0.6 is 0 Å². The van der Waals surface area contributed by atoms with Crippen molar-refractivity contribution in [2.45, 2.75) is 12.6 Å². The number of aromatic nitrogens is 1. The lowest BCUT2D eigenvalue weighted by Crippen LogP contribution is -2.28. The Morgan fingerprint density at radius 1 is 1.39 bits per heavy atom. The monoisotopic (exact) mass is 262 g/mol. The Hall–Kier alpha value is -2.12. The molecule has 0 radical (unpaired) electrons. The Morgan fingerprint density at radius 2 is 2.06 bits per heavy atom. The van der Waals surface area contributed by atoms with Crippen molar-refractivity contribution < 1.29 is 27.9 Å². The lowest BCUT2D eigenvalue weighted by Gasteiger charge is -2.07. The fraction of sp³-hybridized carbons (Fsp3) is 0.300. The molecule has 0 spiro atoms. The summed E-state index contributed by atoms with van der Waals surface area (Å²) in [6.07, 6.45) is -4.39. The Morgan fingerprint density at radius 3 is 2.61 bits per heavy atom. The van der Waals surface area contributed by atoms with Gasteiger partial charge in [0.2, 0.25) is 0 Å². The van der Waals surface area contributed by atoms with Gasteiger partial charge in [-0.3, -0.25) is 4.79 Å². The SMILES string of the molecule is O=C(NCCC(F)(F)F)c1ccnc(C(=O)O)c1. The number of hydrogen-bond donors (Lipinski definition) is 2. The molecule has 5 nitrogen and oxygen atoms in total. The number of carbonyl (C=O) groups excluding carboxylic acids is 1. The predicted molar refractivity (Wildman–Crippen MR) is 54.2 cm³/mol. The molecule has 1 amide bonds. The zero-order chi connectivity index (χ0) is 13.8. The van der Waals surface area contributed by atoms with Gasteiger partial charge in [-0.25, -0.2) is 9.78 Å². The maximum Gasteiger partial charge on any atom is 0.390 e. The van der Waals surface area contributed by atoms with Crippen molar-refractivity contribution in [3.05, 3.63) is 29.6 Å². The van der Waals surface area contributed by atoms with Gasteiger partial charge < -0.3 is 10.4 Å². The second kappa shape index (κ2) is 5.48. The summed E-state index contributed by atoms with van der Waals surface area (Å²) in [5, 5.41) is 10.7. The van der Waals surface area contributed by atoms with Gasteiger partial charge in [0.1, 0.15) is 5.69 Å². The molecule has 2 N–H and O–H groups in total. The Bertz CT molecular complexity index is 460. The van der Waals surface area contributed by atoms with Crippen LogP contribution < -0.4 is 5.32 Å². The Kier molecular flexibility index (Phi) is 4.24. The standard InChI is InChI=1S/C10H9F3N2O3/c11-10(12,13)2-4-15-8(16)6-1-3-14-7(5-6)9(17)18/h1,3,5H,2,4H2,(H,15,16)(H,17,18). The fourth-order valence-corrected chi connectivity index (χ4v) is 1.11. The molecule has 0 saturated heterocycles. The second-order valence-electron chi connectivity index (χ2n) is 3.36. The molecule has 0 aliphatic rings. The molecule has 0 bridgehead atoms. The molecule has 1 aromatic heterocycles. The van der Waals surface area contributed by atoms with E-state index in [4.69, 9.17) is 5.11 Å². The average Bonchev–Trinajstić information content (AvgIpc) is 2.27. The van der Waals surface area contributed by atoms with Gasteiger partial charge in [-0.1, -0.05) is 0 Å². The summed E-state index contributed by atoms with van der Waals surface area (Å²) in [7, 11) is 0. The first-order valence-electron chi connectivity index (χ1n) is 4.84. The van der Waals surface area contributed by atoms with Crippen molar-refractivity contribution in [2.24, 2.45) is 0 Å². The van der Waals surface area contributed by atoms with Crippen LogP contribution in [-0.2, 0) is 0 Å². The summed E-state index contributed by atoms with van der Waals surface area (Å²) in [6.45, 7) is -0.562. The number of nitrogens with zero attached hydrogens (tertiary/aromatic N) is 1. The first kappa shape index (κ1) is 13.9. The molecule has 0 unspecified atom stereocenters. The van der Waals surface area contributed by atoms with E-state index in [9.17, 15) is 22.8 Å². The van der Waals surface area contributed by atoms with Crippen LogP contribution in [0.25, 0.3) is 0 Å². The number of pyridine rings is 1. The van der Waals surface area contributed by atoms with Crippen LogP contribution in [0.2, 0.25) is 0 Å². The maximum atomic E-state index is 11.8. The van der Waals surface area contributed by atoms with Crippen molar-refractivity contribution >= 4 is 11.9 Å². The molecule has 18 heavy (non-hydrogen) atoms. The van der Waals surface area contributed by atoms with Crippen LogP contribution in [-0.4, -0.2) is 34.7 Å². The summed E-state index contributed by atoms with van der Waals surface area (Å²) in [5.41, 5.74) is -0.400. The van der Waals surface area contributed by atoms with Crippen molar-refractivity contribution in [2.75, 3.05) is 6.54 Å². The minimum Gasteiger partial charge on any atom is -0.477 e. The number of carboxylic acid groups (broad SMARTS) is 1. The molecule has 1 aromatic rings. The summed E-state index contributed by atoms with van der Waals surface area (Å²) in [4.78, 5) is 25.5. The first-order valence-corrected chi connectivity index (χ1v) is 4.84. The van der Waals surface area contributed by atoms with Gasteiger partial charge in [-0.15, -0.1) is 0 Å². The zero-order valence-corrected chi connectivity index (χ0v) is 8.99. The smallest absolute Gasteiger partial charge is 0.390 e. The molecule has 8 heteroatoms. The predicted octanol–water partition coefficient (Wildman–Crippen LogP) is 1.46.